The minimum Gasteiger partial charge on any atom is -0.444 e. The van der Waals surface area contributed by atoms with E-state index in [0.29, 0.717) is 11.5 Å². The highest BCUT2D eigenvalue weighted by molar-refractivity contribution is 5.85. The van der Waals surface area contributed by atoms with E-state index in [0.717, 1.165) is 11.4 Å². The molecular formula is C18H28N2O2. The first-order chi connectivity index (χ1) is 10.2. The van der Waals surface area contributed by atoms with E-state index in [4.69, 9.17) is 4.74 Å². The third-order valence-corrected chi connectivity index (χ3v) is 4.11. The fourth-order valence-electron chi connectivity index (χ4n) is 2.90. The monoisotopic (exact) mass is 304 g/mol. The first kappa shape index (κ1) is 16.7. The van der Waals surface area contributed by atoms with Crippen LogP contribution >= 0.6 is 0 Å². The molecule has 1 unspecified atom stereocenters. The van der Waals surface area contributed by atoms with Crippen LogP contribution in [0.25, 0.3) is 0 Å². The van der Waals surface area contributed by atoms with Gasteiger partial charge in [0, 0.05) is 17.4 Å². The molecule has 1 fully saturated rings. The Labute approximate surface area is 133 Å². The normalized spacial score (nSPS) is 20.5. The second-order valence-electron chi connectivity index (χ2n) is 7.79. The van der Waals surface area contributed by atoms with Crippen molar-refractivity contribution in [2.45, 2.75) is 65.5 Å². The van der Waals surface area contributed by atoms with Crippen LogP contribution in [0, 0.1) is 5.41 Å². The van der Waals surface area contributed by atoms with Crippen LogP contribution < -0.4 is 10.6 Å². The van der Waals surface area contributed by atoms with Crippen molar-refractivity contribution in [3.05, 3.63) is 24.3 Å². The molecule has 0 saturated heterocycles. The zero-order valence-electron chi connectivity index (χ0n) is 14.3. The molecule has 1 aromatic carbocycles. The Morgan fingerprint density at radius 2 is 1.95 bits per heavy atom. The van der Waals surface area contributed by atoms with Gasteiger partial charge in [0.25, 0.3) is 0 Å². The molecule has 4 nitrogen and oxygen atoms in total. The van der Waals surface area contributed by atoms with Gasteiger partial charge < -0.3 is 10.1 Å². The van der Waals surface area contributed by atoms with Gasteiger partial charge in [-0.3, -0.25) is 5.32 Å². The molecule has 0 bridgehead atoms. The molecule has 1 amide bonds. The number of amides is 1. The van der Waals surface area contributed by atoms with Crippen LogP contribution in [-0.2, 0) is 4.74 Å². The molecule has 0 aromatic heterocycles. The molecule has 0 heterocycles. The smallest absolute Gasteiger partial charge is 0.412 e. The minimum atomic E-state index is -0.492. The molecule has 0 aliphatic heterocycles. The second kappa shape index (κ2) is 6.19. The van der Waals surface area contributed by atoms with Gasteiger partial charge in [0.15, 0.2) is 0 Å². The standard InChI is InChI=1S/C18H28N2O2/c1-17(2,3)22-16(21)20-14-9-6-8-13(12-14)19-15-10-7-11-18(15,4)5/h6,8-9,12,15,19H,7,10-11H2,1-5H3,(H,20,21). The molecular weight excluding hydrogens is 276 g/mol. The van der Waals surface area contributed by atoms with E-state index in [-0.39, 0.29) is 0 Å². The number of carbonyl (C=O) groups is 1. The third-order valence-electron chi connectivity index (χ3n) is 4.11. The van der Waals surface area contributed by atoms with Gasteiger partial charge >= 0.3 is 6.09 Å². The summed E-state index contributed by atoms with van der Waals surface area (Å²) < 4.78 is 5.28. The van der Waals surface area contributed by atoms with Gasteiger partial charge in [0.05, 0.1) is 0 Å². The van der Waals surface area contributed by atoms with Gasteiger partial charge in [0.2, 0.25) is 0 Å². The lowest BCUT2D eigenvalue weighted by Crippen LogP contribution is -2.30. The van der Waals surface area contributed by atoms with Gasteiger partial charge in [-0.15, -0.1) is 0 Å². The Balaban J connectivity index is 2.00. The fourth-order valence-corrected chi connectivity index (χ4v) is 2.90. The summed E-state index contributed by atoms with van der Waals surface area (Å²) in [5, 5.41) is 6.38. The summed E-state index contributed by atoms with van der Waals surface area (Å²) in [6.07, 6.45) is 3.28. The maximum atomic E-state index is 11.8. The van der Waals surface area contributed by atoms with Crippen molar-refractivity contribution in [2.75, 3.05) is 10.6 Å². The number of anilines is 2. The van der Waals surface area contributed by atoms with E-state index < -0.39 is 11.7 Å². The average Bonchev–Trinajstić information content (AvgIpc) is 2.66. The summed E-state index contributed by atoms with van der Waals surface area (Å²) in [5.74, 6) is 0. The van der Waals surface area contributed by atoms with Crippen molar-refractivity contribution >= 4 is 17.5 Å². The van der Waals surface area contributed by atoms with Crippen LogP contribution in [0.5, 0.6) is 0 Å². The van der Waals surface area contributed by atoms with E-state index in [1.165, 1.54) is 19.3 Å². The number of benzene rings is 1. The Hall–Kier alpha value is -1.71. The van der Waals surface area contributed by atoms with Crippen LogP contribution in [0.1, 0.15) is 53.9 Å². The Morgan fingerprint density at radius 3 is 2.55 bits per heavy atom. The topological polar surface area (TPSA) is 50.4 Å². The molecule has 22 heavy (non-hydrogen) atoms. The number of hydrogen-bond acceptors (Lipinski definition) is 3. The van der Waals surface area contributed by atoms with Gasteiger partial charge in [-0.05, 0) is 57.2 Å². The maximum Gasteiger partial charge on any atom is 0.412 e. The van der Waals surface area contributed by atoms with Crippen molar-refractivity contribution in [1.82, 2.24) is 0 Å². The van der Waals surface area contributed by atoms with E-state index in [2.05, 4.69) is 24.5 Å². The number of nitrogens with one attached hydrogen (secondary N) is 2. The van der Waals surface area contributed by atoms with Gasteiger partial charge in [-0.2, -0.15) is 0 Å². The summed E-state index contributed by atoms with van der Waals surface area (Å²) in [7, 11) is 0. The summed E-state index contributed by atoms with van der Waals surface area (Å²) in [6, 6.07) is 8.28. The number of ether oxygens (including phenoxy) is 1. The predicted octanol–water partition coefficient (Wildman–Crippen LogP) is 5.02. The zero-order valence-corrected chi connectivity index (χ0v) is 14.3. The highest BCUT2D eigenvalue weighted by Gasteiger charge is 2.34. The number of rotatable bonds is 3. The summed E-state index contributed by atoms with van der Waals surface area (Å²) in [4.78, 5) is 11.8. The van der Waals surface area contributed by atoms with E-state index >= 15 is 0 Å². The number of hydrogen-bond donors (Lipinski definition) is 2. The Bertz CT molecular complexity index is 532. The molecule has 1 atom stereocenters. The lowest BCUT2D eigenvalue weighted by atomic mass is 9.87. The lowest BCUT2D eigenvalue weighted by molar-refractivity contribution is 0.0636. The predicted molar refractivity (Wildman–Crippen MR) is 91.3 cm³/mol. The van der Waals surface area contributed by atoms with Crippen LogP contribution in [0.4, 0.5) is 16.2 Å². The van der Waals surface area contributed by atoms with Crippen molar-refractivity contribution in [2.24, 2.45) is 5.41 Å². The minimum absolute atomic E-state index is 0.314. The highest BCUT2D eigenvalue weighted by Crippen LogP contribution is 2.39. The third kappa shape index (κ3) is 4.65. The molecule has 2 N–H and O–H groups in total. The van der Waals surface area contributed by atoms with E-state index in [1.807, 2.05) is 45.0 Å². The summed E-state index contributed by atoms with van der Waals surface area (Å²) in [6.45, 7) is 10.2. The van der Waals surface area contributed by atoms with Crippen LogP contribution in [-0.4, -0.2) is 17.7 Å². The molecule has 0 radical (unpaired) electrons. The first-order valence-corrected chi connectivity index (χ1v) is 8.02. The molecule has 1 saturated carbocycles. The maximum absolute atomic E-state index is 11.8. The van der Waals surface area contributed by atoms with Crippen molar-refractivity contribution in [3.8, 4) is 0 Å². The molecule has 2 rings (SSSR count). The Morgan fingerprint density at radius 1 is 1.27 bits per heavy atom. The number of carbonyl (C=O) groups excluding carboxylic acids is 1. The van der Waals surface area contributed by atoms with Crippen molar-refractivity contribution in [3.63, 3.8) is 0 Å². The van der Waals surface area contributed by atoms with Crippen molar-refractivity contribution < 1.29 is 9.53 Å². The molecule has 1 aliphatic carbocycles. The SMILES string of the molecule is CC(C)(C)OC(=O)Nc1cccc(NC2CCCC2(C)C)c1. The quantitative estimate of drug-likeness (QED) is 0.824. The fraction of sp³-hybridized carbons (Fsp3) is 0.611. The second-order valence-corrected chi connectivity index (χ2v) is 7.79. The largest absolute Gasteiger partial charge is 0.444 e. The summed E-state index contributed by atoms with van der Waals surface area (Å²) >= 11 is 0. The van der Waals surface area contributed by atoms with Crippen molar-refractivity contribution in [1.29, 1.82) is 0 Å². The van der Waals surface area contributed by atoms with E-state index in [1.54, 1.807) is 0 Å². The molecule has 0 spiro atoms. The van der Waals surface area contributed by atoms with E-state index in [9.17, 15) is 4.79 Å². The van der Waals surface area contributed by atoms with Gasteiger partial charge in [-0.1, -0.05) is 26.3 Å². The Kier molecular flexibility index (Phi) is 4.69. The summed E-state index contributed by atoms with van der Waals surface area (Å²) in [5.41, 5.74) is 1.60. The van der Waals surface area contributed by atoms with Crippen LogP contribution in [0.2, 0.25) is 0 Å². The zero-order chi connectivity index (χ0) is 16.4. The molecule has 4 heteroatoms. The molecule has 1 aliphatic rings. The first-order valence-electron chi connectivity index (χ1n) is 8.02. The van der Waals surface area contributed by atoms with Crippen LogP contribution in [0.15, 0.2) is 24.3 Å². The van der Waals surface area contributed by atoms with Gasteiger partial charge in [-0.25, -0.2) is 4.79 Å². The average molecular weight is 304 g/mol. The van der Waals surface area contributed by atoms with Crippen LogP contribution in [0.3, 0.4) is 0 Å². The molecule has 122 valence electrons. The van der Waals surface area contributed by atoms with Gasteiger partial charge in [0.1, 0.15) is 5.60 Å². The lowest BCUT2D eigenvalue weighted by Gasteiger charge is -2.29. The molecule has 1 aromatic rings. The highest BCUT2D eigenvalue weighted by atomic mass is 16.6.